The van der Waals surface area contributed by atoms with Crippen LogP contribution in [0.2, 0.25) is 0 Å². The minimum Gasteiger partial charge on any atom is -0.293 e. The highest BCUT2D eigenvalue weighted by molar-refractivity contribution is 5.22. The molecule has 2 aliphatic heterocycles. The molecule has 0 bridgehead atoms. The molecule has 0 amide bonds. The van der Waals surface area contributed by atoms with E-state index >= 15 is 0 Å². The summed E-state index contributed by atoms with van der Waals surface area (Å²) in [4.78, 5) is 2.53. The van der Waals surface area contributed by atoms with Crippen LogP contribution in [0.25, 0.3) is 0 Å². The minimum absolute atomic E-state index is 0.0290. The summed E-state index contributed by atoms with van der Waals surface area (Å²) in [5, 5.41) is 0. The second-order valence-corrected chi connectivity index (χ2v) is 5.00. The Kier molecular flexibility index (Phi) is 2.68. The lowest BCUT2D eigenvalue weighted by molar-refractivity contribution is 0.148. The third-order valence-corrected chi connectivity index (χ3v) is 4.11. The average molecular weight is 219 g/mol. The normalized spacial score (nSPS) is 30.3. The number of benzene rings is 1. The number of piperidine rings is 1. The van der Waals surface area contributed by atoms with Gasteiger partial charge in [0.15, 0.2) is 0 Å². The Morgan fingerprint density at radius 1 is 1.06 bits per heavy atom. The molecule has 1 aromatic rings. The molecule has 2 fully saturated rings. The summed E-state index contributed by atoms with van der Waals surface area (Å²) in [7, 11) is 0. The van der Waals surface area contributed by atoms with Gasteiger partial charge in [-0.05, 0) is 38.3 Å². The maximum absolute atomic E-state index is 13.8. The zero-order valence-electron chi connectivity index (χ0n) is 9.53. The van der Waals surface area contributed by atoms with Crippen LogP contribution >= 0.6 is 0 Å². The summed E-state index contributed by atoms with van der Waals surface area (Å²) in [6.07, 6.45) is 6.32. The summed E-state index contributed by atoms with van der Waals surface area (Å²) >= 11 is 0. The standard InChI is InChI=1S/C14H18FN/c15-13-7-2-1-6-12(13)14-9-8-11-5-3-4-10-16(11)14/h1-2,6-7,11,14H,3-5,8-10H2. The van der Waals surface area contributed by atoms with Crippen LogP contribution in [0.15, 0.2) is 24.3 Å². The smallest absolute Gasteiger partial charge is 0.127 e. The van der Waals surface area contributed by atoms with Gasteiger partial charge >= 0.3 is 0 Å². The topological polar surface area (TPSA) is 3.24 Å². The molecule has 2 unspecified atom stereocenters. The second-order valence-electron chi connectivity index (χ2n) is 5.00. The second kappa shape index (κ2) is 4.17. The molecule has 16 heavy (non-hydrogen) atoms. The number of halogens is 1. The predicted octanol–water partition coefficient (Wildman–Crippen LogP) is 3.52. The summed E-state index contributed by atoms with van der Waals surface area (Å²) in [5.74, 6) is -0.0290. The maximum atomic E-state index is 13.8. The molecule has 2 aliphatic rings. The van der Waals surface area contributed by atoms with Crippen LogP contribution in [-0.2, 0) is 0 Å². The Morgan fingerprint density at radius 3 is 2.81 bits per heavy atom. The Morgan fingerprint density at radius 2 is 1.94 bits per heavy atom. The van der Waals surface area contributed by atoms with Gasteiger partial charge in [-0.25, -0.2) is 4.39 Å². The molecule has 0 aromatic heterocycles. The van der Waals surface area contributed by atoms with Crippen molar-refractivity contribution in [3.05, 3.63) is 35.6 Å². The summed E-state index contributed by atoms with van der Waals surface area (Å²) in [6, 6.07) is 8.34. The quantitative estimate of drug-likeness (QED) is 0.698. The molecule has 2 saturated heterocycles. The fraction of sp³-hybridized carbons (Fsp3) is 0.571. The van der Waals surface area contributed by atoms with E-state index in [1.165, 1.54) is 25.7 Å². The van der Waals surface area contributed by atoms with E-state index in [4.69, 9.17) is 0 Å². The SMILES string of the molecule is Fc1ccccc1C1CCC2CCCCN21. The first-order valence-electron chi connectivity index (χ1n) is 6.36. The molecule has 86 valence electrons. The molecule has 2 heteroatoms. The molecule has 1 aromatic carbocycles. The maximum Gasteiger partial charge on any atom is 0.127 e. The van der Waals surface area contributed by atoms with Crippen molar-refractivity contribution in [1.29, 1.82) is 0 Å². The average Bonchev–Trinajstić information content (AvgIpc) is 2.74. The van der Waals surface area contributed by atoms with Crippen molar-refractivity contribution in [3.63, 3.8) is 0 Å². The number of fused-ring (bicyclic) bond motifs is 1. The van der Waals surface area contributed by atoms with Gasteiger partial charge in [-0.2, -0.15) is 0 Å². The number of nitrogens with zero attached hydrogens (tertiary/aromatic N) is 1. The first-order valence-corrected chi connectivity index (χ1v) is 6.36. The number of hydrogen-bond acceptors (Lipinski definition) is 1. The Bertz CT molecular complexity index is 377. The lowest BCUT2D eigenvalue weighted by Crippen LogP contribution is -2.36. The van der Waals surface area contributed by atoms with Crippen molar-refractivity contribution in [2.24, 2.45) is 0 Å². The first-order chi connectivity index (χ1) is 7.86. The molecular weight excluding hydrogens is 201 g/mol. The molecule has 0 radical (unpaired) electrons. The van der Waals surface area contributed by atoms with E-state index in [0.29, 0.717) is 6.04 Å². The van der Waals surface area contributed by atoms with E-state index in [1.807, 2.05) is 12.1 Å². The van der Waals surface area contributed by atoms with Crippen LogP contribution in [-0.4, -0.2) is 17.5 Å². The Balaban J connectivity index is 1.88. The van der Waals surface area contributed by atoms with Gasteiger partial charge in [0.25, 0.3) is 0 Å². The molecule has 0 saturated carbocycles. The third-order valence-electron chi connectivity index (χ3n) is 4.11. The number of hydrogen-bond donors (Lipinski definition) is 0. The third kappa shape index (κ3) is 1.65. The molecule has 2 atom stereocenters. The van der Waals surface area contributed by atoms with Crippen molar-refractivity contribution in [2.75, 3.05) is 6.54 Å². The molecule has 2 heterocycles. The van der Waals surface area contributed by atoms with E-state index < -0.39 is 0 Å². The van der Waals surface area contributed by atoms with Crippen LogP contribution in [0.3, 0.4) is 0 Å². The van der Waals surface area contributed by atoms with Crippen molar-refractivity contribution in [3.8, 4) is 0 Å². The van der Waals surface area contributed by atoms with E-state index in [2.05, 4.69) is 4.90 Å². The van der Waals surface area contributed by atoms with Gasteiger partial charge in [0, 0.05) is 17.6 Å². The van der Waals surface area contributed by atoms with Crippen LogP contribution in [0.4, 0.5) is 4.39 Å². The van der Waals surface area contributed by atoms with Gasteiger partial charge in [0.05, 0.1) is 0 Å². The molecule has 1 nitrogen and oxygen atoms in total. The van der Waals surface area contributed by atoms with Crippen LogP contribution in [0.1, 0.15) is 43.7 Å². The van der Waals surface area contributed by atoms with Gasteiger partial charge in [-0.1, -0.05) is 24.6 Å². The fourth-order valence-electron chi connectivity index (χ4n) is 3.34. The zero-order valence-corrected chi connectivity index (χ0v) is 9.53. The van der Waals surface area contributed by atoms with Gasteiger partial charge < -0.3 is 0 Å². The fourth-order valence-corrected chi connectivity index (χ4v) is 3.34. The van der Waals surface area contributed by atoms with Crippen LogP contribution < -0.4 is 0 Å². The van der Waals surface area contributed by atoms with Crippen molar-refractivity contribution < 1.29 is 4.39 Å². The van der Waals surface area contributed by atoms with E-state index in [9.17, 15) is 4.39 Å². The molecule has 0 aliphatic carbocycles. The van der Waals surface area contributed by atoms with E-state index in [0.717, 1.165) is 24.6 Å². The summed E-state index contributed by atoms with van der Waals surface area (Å²) in [6.45, 7) is 1.16. The van der Waals surface area contributed by atoms with Crippen molar-refractivity contribution in [1.82, 2.24) is 4.90 Å². The zero-order chi connectivity index (χ0) is 11.0. The van der Waals surface area contributed by atoms with Crippen LogP contribution in [0.5, 0.6) is 0 Å². The molecular formula is C14H18FN. The Labute approximate surface area is 96.3 Å². The molecule has 0 spiro atoms. The predicted molar refractivity (Wildman–Crippen MR) is 62.7 cm³/mol. The minimum atomic E-state index is -0.0290. The molecule has 3 rings (SSSR count). The van der Waals surface area contributed by atoms with Crippen LogP contribution in [0, 0.1) is 5.82 Å². The summed E-state index contributed by atoms with van der Waals surface area (Å²) < 4.78 is 13.8. The van der Waals surface area contributed by atoms with Gasteiger partial charge in [0.2, 0.25) is 0 Å². The molecule has 0 N–H and O–H groups in total. The first kappa shape index (κ1) is 10.3. The monoisotopic (exact) mass is 219 g/mol. The van der Waals surface area contributed by atoms with Crippen molar-refractivity contribution in [2.45, 2.75) is 44.2 Å². The van der Waals surface area contributed by atoms with Gasteiger partial charge in [0.1, 0.15) is 5.82 Å². The highest BCUT2D eigenvalue weighted by atomic mass is 19.1. The highest BCUT2D eigenvalue weighted by Crippen LogP contribution is 2.40. The van der Waals surface area contributed by atoms with Crippen molar-refractivity contribution >= 4 is 0 Å². The summed E-state index contributed by atoms with van der Waals surface area (Å²) in [5.41, 5.74) is 0.909. The van der Waals surface area contributed by atoms with E-state index in [1.54, 1.807) is 12.1 Å². The lowest BCUT2D eigenvalue weighted by Gasteiger charge is -2.34. The Hall–Kier alpha value is -0.890. The van der Waals surface area contributed by atoms with E-state index in [-0.39, 0.29) is 5.82 Å². The number of rotatable bonds is 1. The van der Waals surface area contributed by atoms with Gasteiger partial charge in [-0.15, -0.1) is 0 Å². The highest BCUT2D eigenvalue weighted by Gasteiger charge is 2.36. The van der Waals surface area contributed by atoms with Gasteiger partial charge in [-0.3, -0.25) is 4.90 Å². The lowest BCUT2D eigenvalue weighted by atomic mass is 10.0. The largest absolute Gasteiger partial charge is 0.293 e.